The molecule has 1 aliphatic heterocycles. The molecular weight excluding hydrogens is 549 g/mol. The van der Waals surface area contributed by atoms with Gasteiger partial charge in [-0.25, -0.2) is 9.48 Å². The van der Waals surface area contributed by atoms with Crippen molar-refractivity contribution in [2.24, 2.45) is 0 Å². The van der Waals surface area contributed by atoms with Crippen molar-refractivity contribution in [1.82, 2.24) is 9.78 Å². The van der Waals surface area contributed by atoms with Gasteiger partial charge in [0, 0.05) is 17.4 Å². The number of nitrogens with one attached hydrogen (secondary N) is 2. The van der Waals surface area contributed by atoms with Crippen LogP contribution in [0.5, 0.6) is 11.5 Å². The molecule has 0 saturated heterocycles. The highest BCUT2D eigenvalue weighted by atomic mass is 32.1. The van der Waals surface area contributed by atoms with Gasteiger partial charge in [0.25, 0.3) is 5.91 Å². The molecule has 0 spiro atoms. The average molecular weight is 579 g/mol. The van der Waals surface area contributed by atoms with Crippen molar-refractivity contribution < 1.29 is 37.0 Å². The van der Waals surface area contributed by atoms with Crippen molar-refractivity contribution in [3.63, 3.8) is 0 Å². The topological polar surface area (TPSA) is 104 Å². The number of fused-ring (bicyclic) bond motifs is 2. The molecule has 13 heteroatoms. The Balaban J connectivity index is 1.45. The Hall–Kier alpha value is -3.74. The van der Waals surface area contributed by atoms with Crippen molar-refractivity contribution in [2.45, 2.75) is 57.3 Å². The van der Waals surface area contributed by atoms with Crippen LogP contribution in [0.2, 0.25) is 0 Å². The molecule has 2 N–H and O–H groups in total. The summed E-state index contributed by atoms with van der Waals surface area (Å²) in [4.78, 5) is 27.0. The summed E-state index contributed by atoms with van der Waals surface area (Å²) in [5.41, 5.74) is 1.55. The summed E-state index contributed by atoms with van der Waals surface area (Å²) in [6.07, 6.45) is -1.58. The van der Waals surface area contributed by atoms with Gasteiger partial charge in [0.1, 0.15) is 10.8 Å². The van der Waals surface area contributed by atoms with E-state index in [1.54, 1.807) is 25.1 Å². The molecule has 0 bridgehead atoms. The van der Waals surface area contributed by atoms with Gasteiger partial charge >= 0.3 is 12.1 Å². The van der Waals surface area contributed by atoms with E-state index in [1.807, 2.05) is 0 Å². The predicted octanol–water partition coefficient (Wildman–Crippen LogP) is 5.93. The number of anilines is 2. The number of esters is 1. The van der Waals surface area contributed by atoms with Crippen LogP contribution in [0.15, 0.2) is 24.3 Å². The van der Waals surface area contributed by atoms with E-state index in [9.17, 15) is 22.8 Å². The fraction of sp³-hybridized carbons (Fsp3) is 0.444. The summed E-state index contributed by atoms with van der Waals surface area (Å²) < 4.78 is 59.2. The van der Waals surface area contributed by atoms with Gasteiger partial charge in [-0.1, -0.05) is 6.07 Å². The van der Waals surface area contributed by atoms with Crippen LogP contribution in [0.3, 0.4) is 0 Å². The third-order valence-electron chi connectivity index (χ3n) is 7.11. The van der Waals surface area contributed by atoms with Crippen LogP contribution in [0, 0.1) is 0 Å². The van der Waals surface area contributed by atoms with Gasteiger partial charge in [-0.3, -0.25) is 4.79 Å². The van der Waals surface area contributed by atoms with Crippen LogP contribution in [0.25, 0.3) is 0 Å². The number of hydrogen-bond acceptors (Lipinski definition) is 8. The van der Waals surface area contributed by atoms with Crippen LogP contribution in [0.4, 0.5) is 24.0 Å². The van der Waals surface area contributed by atoms with Crippen molar-refractivity contribution in [1.29, 1.82) is 0 Å². The number of carbonyl (C=O) groups is 2. The molecule has 9 nitrogen and oxygen atoms in total. The molecule has 2 aromatic heterocycles. The third-order valence-corrected chi connectivity index (χ3v) is 8.32. The van der Waals surface area contributed by atoms with Crippen molar-refractivity contribution in [3.05, 3.63) is 51.5 Å². The van der Waals surface area contributed by atoms with E-state index in [-0.39, 0.29) is 24.5 Å². The van der Waals surface area contributed by atoms with Crippen LogP contribution < -0.4 is 20.1 Å². The highest BCUT2D eigenvalue weighted by molar-refractivity contribution is 7.17. The van der Waals surface area contributed by atoms with Crippen molar-refractivity contribution >= 4 is 34.0 Å². The number of hydrogen-bond donors (Lipinski definition) is 2. The molecule has 0 saturated carbocycles. The second-order valence-corrected chi connectivity index (χ2v) is 10.7. The maximum atomic E-state index is 14.2. The number of aromatic nitrogens is 2. The van der Waals surface area contributed by atoms with E-state index in [0.717, 1.165) is 34.4 Å². The number of amides is 1. The molecule has 3 aromatic rings. The first-order valence-electron chi connectivity index (χ1n) is 12.9. The molecule has 0 fully saturated rings. The molecule has 1 aromatic carbocycles. The largest absolute Gasteiger partial charge is 0.493 e. The Morgan fingerprint density at radius 2 is 1.90 bits per heavy atom. The summed E-state index contributed by atoms with van der Waals surface area (Å²) in [7, 11) is 2.92. The first-order valence-corrected chi connectivity index (χ1v) is 13.7. The Morgan fingerprint density at radius 3 is 2.60 bits per heavy atom. The minimum Gasteiger partial charge on any atom is -0.493 e. The van der Waals surface area contributed by atoms with Crippen molar-refractivity contribution in [3.8, 4) is 11.5 Å². The zero-order chi connectivity index (χ0) is 28.6. The summed E-state index contributed by atoms with van der Waals surface area (Å²) in [5.74, 6) is -0.347. The molecule has 1 amide bonds. The first-order chi connectivity index (χ1) is 19.1. The average Bonchev–Trinajstić information content (AvgIpc) is 3.53. The van der Waals surface area contributed by atoms with Gasteiger partial charge < -0.3 is 24.8 Å². The second kappa shape index (κ2) is 11.0. The maximum Gasteiger partial charge on any atom is 0.410 e. The molecular formula is C27H29F3N4O5S. The lowest BCUT2D eigenvalue weighted by Gasteiger charge is -2.33. The van der Waals surface area contributed by atoms with Crippen molar-refractivity contribution in [2.75, 3.05) is 31.5 Å². The summed E-state index contributed by atoms with van der Waals surface area (Å²) in [6, 6.07) is 3.52. The van der Waals surface area contributed by atoms with Crippen LogP contribution >= 0.6 is 11.3 Å². The Kier molecular flexibility index (Phi) is 7.67. The summed E-state index contributed by atoms with van der Waals surface area (Å²) in [5, 5.41) is 10.2. The van der Waals surface area contributed by atoms with E-state index in [2.05, 4.69) is 15.7 Å². The molecule has 2 aliphatic rings. The number of alkyl halides is 3. The normalized spacial score (nSPS) is 18.2. The lowest BCUT2D eigenvalue weighted by atomic mass is 9.95. The lowest BCUT2D eigenvalue weighted by molar-refractivity contribution is -0.173. The number of halogens is 3. The van der Waals surface area contributed by atoms with Gasteiger partial charge in [0.15, 0.2) is 23.2 Å². The Bertz CT molecular complexity index is 1430. The fourth-order valence-electron chi connectivity index (χ4n) is 5.21. The smallest absolute Gasteiger partial charge is 0.410 e. The number of aryl methyl sites for hydroxylation is 1. The number of carbonyl (C=O) groups excluding carboxylic acids is 2. The molecule has 0 unspecified atom stereocenters. The minimum atomic E-state index is -4.62. The molecule has 3 heterocycles. The Labute approximate surface area is 232 Å². The molecule has 214 valence electrons. The standard InChI is InChI=1S/C27H29F3N4O5S/c1-4-39-26(36)23-15-7-5-6-8-20(15)40-25(23)32-24(35)17-13-22-31-16(12-21(27(28,29)30)34(22)33-17)14-9-10-18(37-2)19(11-14)38-3/h9-11,13,16,21,31H,4-8,12H2,1-3H3,(H,32,35)/t16-,21+/m1/s1. The molecule has 40 heavy (non-hydrogen) atoms. The number of methoxy groups -OCH3 is 2. The first kappa shape index (κ1) is 27.8. The maximum absolute atomic E-state index is 14.2. The summed E-state index contributed by atoms with van der Waals surface area (Å²) in [6.45, 7) is 1.88. The van der Waals surface area contributed by atoms with E-state index in [1.165, 1.54) is 31.6 Å². The van der Waals surface area contributed by atoms with E-state index >= 15 is 0 Å². The highest BCUT2D eigenvalue weighted by Gasteiger charge is 2.47. The lowest BCUT2D eigenvalue weighted by Crippen LogP contribution is -2.35. The summed E-state index contributed by atoms with van der Waals surface area (Å²) >= 11 is 1.30. The SMILES string of the molecule is CCOC(=O)c1c(NC(=O)c2cc3n(n2)[C@H](C(F)(F)F)C[C@H](c2ccc(OC)c(OC)c2)N3)sc2c1CCCC2. The van der Waals surface area contributed by atoms with Gasteiger partial charge in [0.2, 0.25) is 0 Å². The second-order valence-electron chi connectivity index (χ2n) is 9.55. The van der Waals surface area contributed by atoms with Crippen LogP contribution in [0.1, 0.15) is 75.1 Å². The number of ether oxygens (including phenoxy) is 3. The number of rotatable bonds is 7. The third kappa shape index (κ3) is 5.21. The minimum absolute atomic E-state index is 0.0506. The van der Waals surface area contributed by atoms with Gasteiger partial charge in [-0.05, 0) is 55.9 Å². The molecule has 0 radical (unpaired) electrons. The number of thiophene rings is 1. The molecule has 2 atom stereocenters. The fourth-order valence-corrected chi connectivity index (χ4v) is 6.49. The quantitative estimate of drug-likeness (QED) is 0.335. The zero-order valence-corrected chi connectivity index (χ0v) is 23.0. The highest BCUT2D eigenvalue weighted by Crippen LogP contribution is 2.45. The molecule has 1 aliphatic carbocycles. The number of benzene rings is 1. The predicted molar refractivity (Wildman–Crippen MR) is 143 cm³/mol. The van der Waals surface area contributed by atoms with Gasteiger partial charge in [0.05, 0.1) is 32.4 Å². The van der Waals surface area contributed by atoms with Gasteiger partial charge in [-0.15, -0.1) is 11.3 Å². The zero-order valence-electron chi connectivity index (χ0n) is 22.2. The van der Waals surface area contributed by atoms with E-state index in [0.29, 0.717) is 34.0 Å². The molecule has 5 rings (SSSR count). The van der Waals surface area contributed by atoms with Crippen LogP contribution in [-0.2, 0) is 17.6 Å². The Morgan fingerprint density at radius 1 is 1.15 bits per heavy atom. The van der Waals surface area contributed by atoms with E-state index in [4.69, 9.17) is 14.2 Å². The monoisotopic (exact) mass is 578 g/mol. The van der Waals surface area contributed by atoms with Gasteiger partial charge in [-0.2, -0.15) is 18.3 Å². The van der Waals surface area contributed by atoms with E-state index < -0.39 is 30.1 Å². The number of nitrogens with zero attached hydrogens (tertiary/aromatic N) is 2. The van der Waals surface area contributed by atoms with Crippen LogP contribution in [-0.4, -0.2) is 48.7 Å².